The van der Waals surface area contributed by atoms with Crippen LogP contribution in [0, 0.1) is 0 Å². The van der Waals surface area contributed by atoms with E-state index in [9.17, 15) is 0 Å². The summed E-state index contributed by atoms with van der Waals surface area (Å²) in [7, 11) is 0. The Hall–Kier alpha value is -7.16. The molecule has 2 aliphatic rings. The van der Waals surface area contributed by atoms with Crippen molar-refractivity contribution in [3.8, 4) is 56.0 Å². The fraction of sp³-hybridized carbons (Fsp3) is 0.0189. The van der Waals surface area contributed by atoms with Crippen molar-refractivity contribution in [2.24, 2.45) is 0 Å². The minimum Gasteiger partial charge on any atom is -0.228 e. The topological polar surface area (TPSA) is 25.8 Å². The molecule has 0 saturated heterocycles. The summed E-state index contributed by atoms with van der Waals surface area (Å²) in [5, 5.41) is 6.13. The average molecular weight is 697 g/mol. The van der Waals surface area contributed by atoms with E-state index in [4.69, 9.17) is 9.97 Å². The third-order valence-electron chi connectivity index (χ3n) is 12.1. The van der Waals surface area contributed by atoms with E-state index in [1.54, 1.807) is 0 Å². The highest BCUT2D eigenvalue weighted by molar-refractivity contribution is 6.06. The lowest BCUT2D eigenvalue weighted by Crippen LogP contribution is -2.26. The number of rotatable bonds is 3. The third kappa shape index (κ3) is 4.25. The summed E-state index contributed by atoms with van der Waals surface area (Å²) in [6.45, 7) is 0. The van der Waals surface area contributed by atoms with Crippen LogP contribution in [0.15, 0.2) is 194 Å². The molecule has 0 bridgehead atoms. The van der Waals surface area contributed by atoms with E-state index in [-0.39, 0.29) is 0 Å². The minimum atomic E-state index is -0.414. The standard InChI is InChI=1S/C53H32N2/c1-2-13-35(14-3-1)51-44-18-8-11-21-49(44)54-52(55-51)36-24-22-33(23-25-36)37-26-27-38-31-45-43-29-28-34-12-4-5-15-40(34)50(43)53(48(45)32-39(38)30-37)46-19-9-6-16-41(46)42-17-7-10-20-47(42)53/h1-32H. The summed E-state index contributed by atoms with van der Waals surface area (Å²) in [5.74, 6) is 0.729. The van der Waals surface area contributed by atoms with E-state index in [2.05, 4.69) is 182 Å². The van der Waals surface area contributed by atoms with E-state index in [1.165, 1.54) is 71.6 Å². The van der Waals surface area contributed by atoms with Crippen LogP contribution in [-0.2, 0) is 5.41 Å². The fourth-order valence-corrected chi connectivity index (χ4v) is 9.67. The van der Waals surface area contributed by atoms with Crippen molar-refractivity contribution < 1.29 is 0 Å². The molecule has 0 unspecified atom stereocenters. The van der Waals surface area contributed by atoms with Crippen LogP contribution in [0.3, 0.4) is 0 Å². The van der Waals surface area contributed by atoms with Gasteiger partial charge >= 0.3 is 0 Å². The number of benzene rings is 9. The second kappa shape index (κ2) is 11.4. The Morgan fingerprint density at radius 3 is 1.76 bits per heavy atom. The lowest BCUT2D eigenvalue weighted by atomic mass is 9.69. The molecule has 1 aromatic heterocycles. The molecule has 2 nitrogen and oxygen atoms in total. The van der Waals surface area contributed by atoms with Crippen LogP contribution in [0.2, 0.25) is 0 Å². The third-order valence-corrected chi connectivity index (χ3v) is 12.1. The number of hydrogen-bond donors (Lipinski definition) is 0. The summed E-state index contributed by atoms with van der Waals surface area (Å²) >= 11 is 0. The van der Waals surface area contributed by atoms with Gasteiger partial charge in [0.1, 0.15) is 0 Å². The van der Waals surface area contributed by atoms with Crippen molar-refractivity contribution in [2.45, 2.75) is 5.41 Å². The van der Waals surface area contributed by atoms with E-state index in [1.807, 2.05) is 12.1 Å². The van der Waals surface area contributed by atoms with Crippen molar-refractivity contribution in [3.05, 3.63) is 216 Å². The van der Waals surface area contributed by atoms with Gasteiger partial charge in [-0.1, -0.05) is 170 Å². The second-order valence-electron chi connectivity index (χ2n) is 14.9. The summed E-state index contributed by atoms with van der Waals surface area (Å²) in [4.78, 5) is 10.1. The number of hydrogen-bond acceptors (Lipinski definition) is 2. The van der Waals surface area contributed by atoms with Gasteiger partial charge in [-0.05, 0) is 101 Å². The molecule has 0 aliphatic heterocycles. The Kier molecular flexibility index (Phi) is 6.29. The van der Waals surface area contributed by atoms with Crippen molar-refractivity contribution in [1.82, 2.24) is 9.97 Å². The van der Waals surface area contributed by atoms with Gasteiger partial charge in [-0.2, -0.15) is 0 Å². The quantitative estimate of drug-likeness (QED) is 0.184. The Labute approximate surface area is 319 Å². The summed E-state index contributed by atoms with van der Waals surface area (Å²) in [6, 6.07) is 70.9. The SMILES string of the molecule is c1ccc(-c2nc(-c3ccc(-c4ccc5cc6c(cc5c4)C4(c5ccccc5-c5ccccc54)c4c-6ccc5ccccc45)cc3)nc3ccccc23)cc1. The first kappa shape index (κ1) is 30.3. The zero-order chi connectivity index (χ0) is 36.1. The Morgan fingerprint density at radius 1 is 0.327 bits per heavy atom. The van der Waals surface area contributed by atoms with Crippen molar-refractivity contribution in [3.63, 3.8) is 0 Å². The molecule has 0 atom stereocenters. The molecule has 0 amide bonds. The number of aromatic nitrogens is 2. The highest BCUT2D eigenvalue weighted by Crippen LogP contribution is 2.64. The monoisotopic (exact) mass is 696 g/mol. The maximum absolute atomic E-state index is 5.11. The van der Waals surface area contributed by atoms with Gasteiger partial charge in [0.25, 0.3) is 0 Å². The van der Waals surface area contributed by atoms with Gasteiger partial charge in [-0.25, -0.2) is 9.97 Å². The number of nitrogens with zero attached hydrogens (tertiary/aromatic N) is 2. The first-order chi connectivity index (χ1) is 27.3. The first-order valence-corrected chi connectivity index (χ1v) is 19.0. The van der Waals surface area contributed by atoms with Gasteiger partial charge in [-0.3, -0.25) is 0 Å². The lowest BCUT2D eigenvalue weighted by Gasteiger charge is -2.31. The molecule has 55 heavy (non-hydrogen) atoms. The molecular weight excluding hydrogens is 665 g/mol. The lowest BCUT2D eigenvalue weighted by molar-refractivity contribution is 0.802. The van der Waals surface area contributed by atoms with E-state index in [0.717, 1.165) is 39.1 Å². The zero-order valence-electron chi connectivity index (χ0n) is 29.9. The van der Waals surface area contributed by atoms with Gasteiger partial charge in [0, 0.05) is 16.5 Å². The van der Waals surface area contributed by atoms with Crippen molar-refractivity contribution in [1.29, 1.82) is 0 Å². The van der Waals surface area contributed by atoms with Gasteiger partial charge in [0.05, 0.1) is 16.6 Å². The molecular formula is C53H32N2. The Balaban J connectivity index is 1.02. The summed E-state index contributed by atoms with van der Waals surface area (Å²) < 4.78 is 0. The van der Waals surface area contributed by atoms with Crippen LogP contribution in [0.1, 0.15) is 22.3 Å². The van der Waals surface area contributed by atoms with Gasteiger partial charge < -0.3 is 0 Å². The highest BCUT2D eigenvalue weighted by atomic mass is 14.9. The molecule has 0 saturated carbocycles. The summed E-state index contributed by atoms with van der Waals surface area (Å²) in [5.41, 5.74) is 16.7. The van der Waals surface area contributed by atoms with Crippen molar-refractivity contribution >= 4 is 32.4 Å². The van der Waals surface area contributed by atoms with E-state index in [0.29, 0.717) is 0 Å². The normalized spacial score (nSPS) is 13.2. The Morgan fingerprint density at radius 2 is 0.964 bits per heavy atom. The van der Waals surface area contributed by atoms with Crippen LogP contribution in [0.4, 0.5) is 0 Å². The molecule has 0 radical (unpaired) electrons. The van der Waals surface area contributed by atoms with Crippen molar-refractivity contribution in [2.75, 3.05) is 0 Å². The molecule has 2 aliphatic carbocycles. The molecule has 10 aromatic rings. The molecule has 254 valence electrons. The fourth-order valence-electron chi connectivity index (χ4n) is 9.67. The number of fused-ring (bicyclic) bond motifs is 14. The Bertz CT molecular complexity index is 3150. The van der Waals surface area contributed by atoms with Gasteiger partial charge in [-0.15, -0.1) is 0 Å². The average Bonchev–Trinajstić information content (AvgIpc) is 3.72. The minimum absolute atomic E-state index is 0.414. The maximum Gasteiger partial charge on any atom is 0.160 e. The maximum atomic E-state index is 5.11. The second-order valence-corrected chi connectivity index (χ2v) is 14.9. The zero-order valence-corrected chi connectivity index (χ0v) is 29.9. The predicted octanol–water partition coefficient (Wildman–Crippen LogP) is 13.3. The predicted molar refractivity (Wildman–Crippen MR) is 227 cm³/mol. The largest absolute Gasteiger partial charge is 0.228 e. The van der Waals surface area contributed by atoms with Crippen LogP contribution in [0.25, 0.3) is 88.5 Å². The molecule has 1 spiro atoms. The summed E-state index contributed by atoms with van der Waals surface area (Å²) in [6.07, 6.45) is 0. The smallest absolute Gasteiger partial charge is 0.160 e. The molecule has 1 heterocycles. The van der Waals surface area contributed by atoms with Gasteiger partial charge in [0.15, 0.2) is 5.82 Å². The van der Waals surface area contributed by atoms with Gasteiger partial charge in [0.2, 0.25) is 0 Å². The highest BCUT2D eigenvalue weighted by Gasteiger charge is 2.52. The van der Waals surface area contributed by atoms with E-state index >= 15 is 0 Å². The molecule has 0 N–H and O–H groups in total. The van der Waals surface area contributed by atoms with Crippen LogP contribution in [0.5, 0.6) is 0 Å². The van der Waals surface area contributed by atoms with Crippen LogP contribution >= 0.6 is 0 Å². The number of para-hydroxylation sites is 1. The van der Waals surface area contributed by atoms with E-state index < -0.39 is 5.41 Å². The first-order valence-electron chi connectivity index (χ1n) is 19.0. The molecule has 2 heteroatoms. The van der Waals surface area contributed by atoms with Crippen LogP contribution < -0.4 is 0 Å². The molecule has 0 fully saturated rings. The molecule has 9 aromatic carbocycles. The molecule has 12 rings (SSSR count). The van der Waals surface area contributed by atoms with Crippen LogP contribution in [-0.4, -0.2) is 9.97 Å².